The summed E-state index contributed by atoms with van der Waals surface area (Å²) in [6.45, 7) is 0.284. The van der Waals surface area contributed by atoms with Crippen LogP contribution in [0.1, 0.15) is 21.5 Å². The third-order valence-corrected chi connectivity index (χ3v) is 6.28. The monoisotopic (exact) mass is 510 g/mol. The number of nitrogens with zero attached hydrogens (tertiary/aromatic N) is 1. The summed E-state index contributed by atoms with van der Waals surface area (Å²) < 4.78 is 64.2. The van der Waals surface area contributed by atoms with Crippen LogP contribution in [0.15, 0.2) is 54.6 Å². The first-order chi connectivity index (χ1) is 15.8. The molecule has 0 atom stereocenters. The van der Waals surface area contributed by atoms with E-state index in [1.165, 1.54) is 35.2 Å². The number of hydrogen-bond acceptors (Lipinski definition) is 4. The maximum atomic E-state index is 13.1. The molecule has 3 aromatic rings. The second kappa shape index (κ2) is 8.52. The van der Waals surface area contributed by atoms with Crippen molar-refractivity contribution in [2.45, 2.75) is 12.6 Å². The molecule has 0 bridgehead atoms. The highest BCUT2D eigenvalue weighted by Crippen LogP contribution is 2.38. The minimum Gasteiger partial charge on any atom is -0.506 e. The molecule has 1 amide bonds. The van der Waals surface area contributed by atoms with Crippen molar-refractivity contribution < 1.29 is 31.5 Å². The van der Waals surface area contributed by atoms with E-state index >= 15 is 0 Å². The number of amides is 1. The molecule has 0 saturated carbocycles. The van der Waals surface area contributed by atoms with Gasteiger partial charge in [-0.1, -0.05) is 29.8 Å². The molecular formula is C23H18ClF3N2O4S. The molecule has 0 radical (unpaired) electrons. The van der Waals surface area contributed by atoms with Crippen molar-refractivity contribution in [3.63, 3.8) is 0 Å². The van der Waals surface area contributed by atoms with Crippen LogP contribution in [0, 0.1) is 0 Å². The Balaban J connectivity index is 1.63. The number of benzene rings is 3. The molecule has 34 heavy (non-hydrogen) atoms. The first-order valence-corrected chi connectivity index (χ1v) is 12.2. The van der Waals surface area contributed by atoms with Gasteiger partial charge < -0.3 is 10.0 Å². The van der Waals surface area contributed by atoms with Crippen molar-refractivity contribution in [1.82, 2.24) is 0 Å². The fourth-order valence-corrected chi connectivity index (χ4v) is 4.66. The van der Waals surface area contributed by atoms with Gasteiger partial charge in [0.25, 0.3) is 5.91 Å². The van der Waals surface area contributed by atoms with E-state index in [0.717, 1.165) is 17.9 Å². The number of anilines is 2. The predicted octanol–water partition coefficient (Wildman–Crippen LogP) is 5.31. The number of halogens is 4. The summed E-state index contributed by atoms with van der Waals surface area (Å²) in [4.78, 5) is 14.6. The maximum Gasteiger partial charge on any atom is 0.417 e. The number of carbonyl (C=O) groups excluding carboxylic acids is 1. The molecule has 2 N–H and O–H groups in total. The van der Waals surface area contributed by atoms with Gasteiger partial charge in [0.2, 0.25) is 10.0 Å². The van der Waals surface area contributed by atoms with Gasteiger partial charge in [-0.2, -0.15) is 13.2 Å². The topological polar surface area (TPSA) is 86.7 Å². The molecule has 1 heterocycles. The Labute approximate surface area is 198 Å². The molecule has 0 unspecified atom stereocenters. The van der Waals surface area contributed by atoms with Crippen LogP contribution in [-0.4, -0.2) is 32.2 Å². The lowest BCUT2D eigenvalue weighted by Gasteiger charge is -2.29. The number of hydrogen-bond donors (Lipinski definition) is 2. The van der Waals surface area contributed by atoms with Gasteiger partial charge in [0.05, 0.1) is 22.5 Å². The lowest BCUT2D eigenvalue weighted by atomic mass is 9.93. The molecule has 3 aromatic carbocycles. The molecule has 6 nitrogen and oxygen atoms in total. The normalized spacial score (nSPS) is 14.1. The summed E-state index contributed by atoms with van der Waals surface area (Å²) in [6, 6.07) is 12.7. The van der Waals surface area contributed by atoms with E-state index in [-0.39, 0.29) is 23.9 Å². The van der Waals surface area contributed by atoms with Gasteiger partial charge in [0, 0.05) is 17.8 Å². The smallest absolute Gasteiger partial charge is 0.417 e. The van der Waals surface area contributed by atoms with Crippen LogP contribution in [-0.2, 0) is 22.6 Å². The molecule has 178 valence electrons. The molecule has 11 heteroatoms. The molecule has 1 aliphatic rings. The molecule has 0 saturated heterocycles. The Kier molecular flexibility index (Phi) is 5.99. The Bertz CT molecular complexity index is 1410. The van der Waals surface area contributed by atoms with Crippen LogP contribution in [0.25, 0.3) is 11.1 Å². The maximum absolute atomic E-state index is 13.1. The fourth-order valence-electron chi connectivity index (χ4n) is 3.81. The zero-order valence-corrected chi connectivity index (χ0v) is 19.2. The van der Waals surface area contributed by atoms with Crippen molar-refractivity contribution in [2.75, 3.05) is 22.4 Å². The van der Waals surface area contributed by atoms with Gasteiger partial charge in [0.15, 0.2) is 0 Å². The Morgan fingerprint density at radius 3 is 2.35 bits per heavy atom. The lowest BCUT2D eigenvalue weighted by Crippen LogP contribution is -2.37. The highest BCUT2D eigenvalue weighted by atomic mass is 35.5. The minimum absolute atomic E-state index is 0.0480. The number of nitrogens with one attached hydrogen (secondary N) is 1. The minimum atomic E-state index is -4.55. The van der Waals surface area contributed by atoms with Crippen molar-refractivity contribution in [1.29, 1.82) is 0 Å². The first kappa shape index (κ1) is 23.9. The van der Waals surface area contributed by atoms with Gasteiger partial charge in [-0.05, 0) is 59.5 Å². The summed E-state index contributed by atoms with van der Waals surface area (Å²) in [6.07, 6.45) is -3.14. The number of sulfonamides is 1. The standard InChI is InChI=1S/C23H18ClF3N2O4S/c1-34(32,33)28-20-12-16(4-7-21(20)30)29-9-8-15-10-13(2-5-17(15)22(29)31)14-3-6-18(19(24)11-14)23(25,26)27/h2-7,10-12,28,30H,8-9H2,1H3. The van der Waals surface area contributed by atoms with Gasteiger partial charge in [-0.15, -0.1) is 0 Å². The summed E-state index contributed by atoms with van der Waals surface area (Å²) in [7, 11) is -3.64. The molecule has 0 fully saturated rings. The average molecular weight is 511 g/mol. The van der Waals surface area contributed by atoms with Crippen LogP contribution >= 0.6 is 11.6 Å². The van der Waals surface area contributed by atoms with Crippen LogP contribution in [0.4, 0.5) is 24.5 Å². The second-order valence-corrected chi connectivity index (χ2v) is 10.0. The summed E-state index contributed by atoms with van der Waals surface area (Å²) in [5.74, 6) is -0.604. The number of rotatable bonds is 4. The molecule has 4 rings (SSSR count). The Morgan fingerprint density at radius 1 is 1.03 bits per heavy atom. The highest BCUT2D eigenvalue weighted by Gasteiger charge is 2.33. The van der Waals surface area contributed by atoms with E-state index < -0.39 is 26.8 Å². The molecular weight excluding hydrogens is 493 g/mol. The second-order valence-electron chi connectivity index (χ2n) is 7.85. The SMILES string of the molecule is CS(=O)(=O)Nc1cc(N2CCc3cc(-c4ccc(C(F)(F)F)c(Cl)c4)ccc3C2=O)ccc1O. The average Bonchev–Trinajstić information content (AvgIpc) is 2.73. The van der Waals surface area contributed by atoms with Gasteiger partial charge in [-0.25, -0.2) is 8.42 Å². The molecule has 0 aromatic heterocycles. The van der Waals surface area contributed by atoms with Gasteiger partial charge in [0.1, 0.15) is 5.75 Å². The number of carbonyl (C=O) groups is 1. The number of phenols is 1. The zero-order valence-electron chi connectivity index (χ0n) is 17.6. The number of aromatic hydroxyl groups is 1. The number of phenolic OH excluding ortho intramolecular Hbond substituents is 1. The number of alkyl halides is 3. The van der Waals surface area contributed by atoms with E-state index in [4.69, 9.17) is 11.6 Å². The van der Waals surface area contributed by atoms with Gasteiger partial charge >= 0.3 is 6.18 Å². The van der Waals surface area contributed by atoms with Gasteiger partial charge in [-0.3, -0.25) is 9.52 Å². The van der Waals surface area contributed by atoms with E-state index in [9.17, 15) is 31.5 Å². The Hall–Kier alpha value is -3.24. The lowest BCUT2D eigenvalue weighted by molar-refractivity contribution is -0.137. The van der Waals surface area contributed by atoms with Crippen LogP contribution in [0.3, 0.4) is 0 Å². The van der Waals surface area contributed by atoms with E-state index in [1.807, 2.05) is 0 Å². The van der Waals surface area contributed by atoms with Crippen molar-refractivity contribution in [3.8, 4) is 16.9 Å². The summed E-state index contributed by atoms with van der Waals surface area (Å²) in [5.41, 5.74) is 1.69. The summed E-state index contributed by atoms with van der Waals surface area (Å²) >= 11 is 5.84. The van der Waals surface area contributed by atoms with Crippen LogP contribution < -0.4 is 9.62 Å². The molecule has 0 aliphatic carbocycles. The molecule has 0 spiro atoms. The van der Waals surface area contributed by atoms with E-state index in [0.29, 0.717) is 28.8 Å². The highest BCUT2D eigenvalue weighted by molar-refractivity contribution is 7.92. The first-order valence-electron chi connectivity index (χ1n) is 9.96. The molecule has 1 aliphatic heterocycles. The fraction of sp³-hybridized carbons (Fsp3) is 0.174. The summed E-state index contributed by atoms with van der Waals surface area (Å²) in [5, 5.41) is 9.53. The van der Waals surface area contributed by atoms with E-state index in [2.05, 4.69) is 4.72 Å². The van der Waals surface area contributed by atoms with Crippen molar-refractivity contribution >= 4 is 38.9 Å². The quantitative estimate of drug-likeness (QED) is 0.466. The number of fused-ring (bicyclic) bond motifs is 1. The van der Waals surface area contributed by atoms with Crippen LogP contribution in [0.5, 0.6) is 5.75 Å². The third-order valence-electron chi connectivity index (χ3n) is 5.38. The largest absolute Gasteiger partial charge is 0.506 e. The predicted molar refractivity (Wildman–Crippen MR) is 124 cm³/mol. The van der Waals surface area contributed by atoms with E-state index in [1.54, 1.807) is 18.2 Å². The zero-order chi connectivity index (χ0) is 24.8. The Morgan fingerprint density at radius 2 is 1.71 bits per heavy atom. The third kappa shape index (κ3) is 4.83. The van der Waals surface area contributed by atoms with Crippen LogP contribution in [0.2, 0.25) is 5.02 Å². The van der Waals surface area contributed by atoms with Crippen molar-refractivity contribution in [2.24, 2.45) is 0 Å². The van der Waals surface area contributed by atoms with Crippen molar-refractivity contribution in [3.05, 3.63) is 76.3 Å².